The van der Waals surface area contributed by atoms with Crippen molar-refractivity contribution in [1.29, 1.82) is 0 Å². The van der Waals surface area contributed by atoms with E-state index in [1.807, 2.05) is 6.92 Å². The summed E-state index contributed by atoms with van der Waals surface area (Å²) in [6.07, 6.45) is 1.08. The average molecular weight is 246 g/mol. The number of likely N-dealkylation sites (N-methyl/N-ethyl adjacent to an activating group) is 1. The summed E-state index contributed by atoms with van der Waals surface area (Å²) in [6, 6.07) is 0.558. The Balaban J connectivity index is 3.57. The number of nitrogens with one attached hydrogen (secondary N) is 1. The second kappa shape index (κ2) is 12.3. The van der Waals surface area contributed by atoms with Gasteiger partial charge in [0, 0.05) is 39.5 Å². The van der Waals surface area contributed by atoms with Crippen LogP contribution >= 0.6 is 0 Å². The van der Waals surface area contributed by atoms with Gasteiger partial charge in [0.25, 0.3) is 0 Å². The Morgan fingerprint density at radius 3 is 2.59 bits per heavy atom. The molecule has 0 saturated carbocycles. The van der Waals surface area contributed by atoms with Crippen LogP contribution in [0.2, 0.25) is 0 Å². The van der Waals surface area contributed by atoms with Crippen LogP contribution in [0.1, 0.15) is 27.2 Å². The summed E-state index contributed by atoms with van der Waals surface area (Å²) in [5.41, 5.74) is 0. The lowest BCUT2D eigenvalue weighted by atomic mass is 10.2. The van der Waals surface area contributed by atoms with Crippen molar-refractivity contribution in [2.45, 2.75) is 33.2 Å². The molecule has 0 spiro atoms. The molecule has 1 atom stereocenters. The Labute approximate surface area is 107 Å². The van der Waals surface area contributed by atoms with Crippen LogP contribution < -0.4 is 5.32 Å². The first-order valence-electron chi connectivity index (χ1n) is 6.77. The van der Waals surface area contributed by atoms with Crippen molar-refractivity contribution < 1.29 is 9.47 Å². The predicted molar refractivity (Wildman–Crippen MR) is 72.6 cm³/mol. The second-order valence-corrected chi connectivity index (χ2v) is 4.23. The quantitative estimate of drug-likeness (QED) is 0.527. The van der Waals surface area contributed by atoms with Crippen molar-refractivity contribution in [2.24, 2.45) is 0 Å². The summed E-state index contributed by atoms with van der Waals surface area (Å²) in [5.74, 6) is 0. The van der Waals surface area contributed by atoms with Gasteiger partial charge in [-0.15, -0.1) is 0 Å². The van der Waals surface area contributed by atoms with E-state index in [1.165, 1.54) is 0 Å². The summed E-state index contributed by atoms with van der Waals surface area (Å²) < 4.78 is 10.4. The number of hydrogen-bond acceptors (Lipinski definition) is 4. The van der Waals surface area contributed by atoms with Crippen LogP contribution in [0.15, 0.2) is 0 Å². The largest absolute Gasteiger partial charge is 0.385 e. The molecule has 0 amide bonds. The smallest absolute Gasteiger partial charge is 0.0593 e. The molecule has 0 saturated heterocycles. The zero-order valence-corrected chi connectivity index (χ0v) is 12.0. The molecule has 0 aromatic carbocycles. The van der Waals surface area contributed by atoms with Gasteiger partial charge in [0.1, 0.15) is 0 Å². The summed E-state index contributed by atoms with van der Waals surface area (Å²) in [5, 5.41) is 3.46. The fourth-order valence-corrected chi connectivity index (χ4v) is 1.80. The van der Waals surface area contributed by atoms with Gasteiger partial charge < -0.3 is 14.8 Å². The SMILES string of the molecule is CCOCCN(CC)C(C)CNCCCOC. The highest BCUT2D eigenvalue weighted by Crippen LogP contribution is 1.97. The lowest BCUT2D eigenvalue weighted by Crippen LogP contribution is -2.42. The Morgan fingerprint density at radius 1 is 1.24 bits per heavy atom. The lowest BCUT2D eigenvalue weighted by molar-refractivity contribution is 0.0996. The zero-order chi connectivity index (χ0) is 12.9. The van der Waals surface area contributed by atoms with Gasteiger partial charge in [0.2, 0.25) is 0 Å². The van der Waals surface area contributed by atoms with E-state index in [4.69, 9.17) is 9.47 Å². The molecule has 0 aromatic rings. The van der Waals surface area contributed by atoms with Gasteiger partial charge >= 0.3 is 0 Å². The minimum atomic E-state index is 0.558. The minimum absolute atomic E-state index is 0.558. The van der Waals surface area contributed by atoms with Crippen LogP contribution in [0.5, 0.6) is 0 Å². The van der Waals surface area contributed by atoms with E-state index >= 15 is 0 Å². The highest BCUT2D eigenvalue weighted by Gasteiger charge is 2.10. The van der Waals surface area contributed by atoms with Gasteiger partial charge in [0.15, 0.2) is 0 Å². The monoisotopic (exact) mass is 246 g/mol. The molecular formula is C13H30N2O2. The normalized spacial score (nSPS) is 13.2. The first kappa shape index (κ1) is 16.8. The van der Waals surface area contributed by atoms with E-state index in [1.54, 1.807) is 7.11 Å². The van der Waals surface area contributed by atoms with Crippen molar-refractivity contribution in [1.82, 2.24) is 10.2 Å². The Kier molecular flexibility index (Phi) is 12.2. The molecule has 0 aliphatic heterocycles. The molecule has 4 nitrogen and oxygen atoms in total. The highest BCUT2D eigenvalue weighted by molar-refractivity contribution is 4.68. The summed E-state index contributed by atoms with van der Waals surface area (Å²) in [4.78, 5) is 2.44. The van der Waals surface area contributed by atoms with Crippen LogP contribution in [0.3, 0.4) is 0 Å². The van der Waals surface area contributed by atoms with Crippen LogP contribution in [0.25, 0.3) is 0 Å². The van der Waals surface area contributed by atoms with Crippen molar-refractivity contribution in [3.8, 4) is 0 Å². The van der Waals surface area contributed by atoms with Gasteiger partial charge in [-0.1, -0.05) is 6.92 Å². The molecule has 0 aliphatic rings. The maximum absolute atomic E-state index is 5.39. The van der Waals surface area contributed by atoms with Gasteiger partial charge in [0.05, 0.1) is 6.61 Å². The third-order valence-corrected chi connectivity index (χ3v) is 2.90. The van der Waals surface area contributed by atoms with E-state index in [9.17, 15) is 0 Å². The van der Waals surface area contributed by atoms with Gasteiger partial charge in [-0.05, 0) is 33.4 Å². The van der Waals surface area contributed by atoms with Crippen molar-refractivity contribution in [3.05, 3.63) is 0 Å². The predicted octanol–water partition coefficient (Wildman–Crippen LogP) is 1.36. The maximum Gasteiger partial charge on any atom is 0.0593 e. The molecule has 0 radical (unpaired) electrons. The Bertz CT molecular complexity index is 156. The average Bonchev–Trinajstić information content (AvgIpc) is 2.34. The number of ether oxygens (including phenoxy) is 2. The van der Waals surface area contributed by atoms with Crippen LogP contribution in [-0.2, 0) is 9.47 Å². The van der Waals surface area contributed by atoms with Crippen molar-refractivity contribution >= 4 is 0 Å². The van der Waals surface area contributed by atoms with E-state index < -0.39 is 0 Å². The molecule has 0 rings (SSSR count). The first-order chi connectivity index (χ1) is 8.26. The summed E-state index contributed by atoms with van der Waals surface area (Å²) in [7, 11) is 1.75. The van der Waals surface area contributed by atoms with E-state index in [-0.39, 0.29) is 0 Å². The van der Waals surface area contributed by atoms with Crippen molar-refractivity contribution in [3.63, 3.8) is 0 Å². The number of hydrogen-bond donors (Lipinski definition) is 1. The molecule has 17 heavy (non-hydrogen) atoms. The molecule has 0 heterocycles. The van der Waals surface area contributed by atoms with Crippen LogP contribution in [0.4, 0.5) is 0 Å². The topological polar surface area (TPSA) is 33.7 Å². The number of methoxy groups -OCH3 is 1. The van der Waals surface area contributed by atoms with Crippen molar-refractivity contribution in [2.75, 3.05) is 53.1 Å². The minimum Gasteiger partial charge on any atom is -0.385 e. The van der Waals surface area contributed by atoms with Gasteiger partial charge in [-0.25, -0.2) is 0 Å². The molecular weight excluding hydrogens is 216 g/mol. The molecule has 0 fully saturated rings. The second-order valence-electron chi connectivity index (χ2n) is 4.23. The Hall–Kier alpha value is -0.160. The molecule has 104 valence electrons. The number of rotatable bonds is 12. The standard InChI is InChI=1S/C13H30N2O2/c1-5-15(9-11-17-6-2)13(3)12-14-8-7-10-16-4/h13-14H,5-12H2,1-4H3. The molecule has 0 bridgehead atoms. The maximum atomic E-state index is 5.39. The third kappa shape index (κ3) is 9.53. The molecule has 0 aliphatic carbocycles. The first-order valence-corrected chi connectivity index (χ1v) is 6.77. The highest BCUT2D eigenvalue weighted by atomic mass is 16.5. The van der Waals surface area contributed by atoms with Crippen LogP contribution in [0, 0.1) is 0 Å². The fourth-order valence-electron chi connectivity index (χ4n) is 1.80. The van der Waals surface area contributed by atoms with Gasteiger partial charge in [-0.3, -0.25) is 4.90 Å². The van der Waals surface area contributed by atoms with Crippen LogP contribution in [-0.4, -0.2) is 64.1 Å². The summed E-state index contributed by atoms with van der Waals surface area (Å²) >= 11 is 0. The Morgan fingerprint density at radius 2 is 2.00 bits per heavy atom. The van der Waals surface area contributed by atoms with Gasteiger partial charge in [-0.2, -0.15) is 0 Å². The van der Waals surface area contributed by atoms with E-state index in [0.717, 1.165) is 52.4 Å². The fraction of sp³-hybridized carbons (Fsp3) is 1.00. The van der Waals surface area contributed by atoms with E-state index in [2.05, 4.69) is 24.1 Å². The molecule has 0 aromatic heterocycles. The lowest BCUT2D eigenvalue weighted by Gasteiger charge is -2.27. The molecule has 4 heteroatoms. The third-order valence-electron chi connectivity index (χ3n) is 2.90. The zero-order valence-electron chi connectivity index (χ0n) is 12.0. The number of nitrogens with zero attached hydrogens (tertiary/aromatic N) is 1. The van der Waals surface area contributed by atoms with E-state index in [0.29, 0.717) is 6.04 Å². The molecule has 1 N–H and O–H groups in total. The summed E-state index contributed by atoms with van der Waals surface area (Å²) in [6.45, 7) is 13.1. The molecule has 1 unspecified atom stereocenters.